The molecule has 0 radical (unpaired) electrons. The molecule has 0 heterocycles. The molecule has 4 rings (SSSR count). The fourth-order valence-corrected chi connectivity index (χ4v) is 3.79. The van der Waals surface area contributed by atoms with Crippen molar-refractivity contribution >= 4 is 0 Å². The second-order valence-corrected chi connectivity index (χ2v) is 7.72. The van der Waals surface area contributed by atoms with Gasteiger partial charge in [-0.15, -0.1) is 0 Å². The van der Waals surface area contributed by atoms with Crippen molar-refractivity contribution in [2.75, 3.05) is 6.61 Å². The van der Waals surface area contributed by atoms with Crippen LogP contribution in [-0.2, 0) is 6.42 Å². The molecule has 1 nitrogen and oxygen atoms in total. The minimum Gasteiger partial charge on any atom is -0.489 e. The summed E-state index contributed by atoms with van der Waals surface area (Å²) in [7, 11) is 0. The van der Waals surface area contributed by atoms with Crippen LogP contribution in [0.2, 0.25) is 0 Å². The fourth-order valence-electron chi connectivity index (χ4n) is 3.79. The van der Waals surface area contributed by atoms with E-state index >= 15 is 0 Å². The quantitative estimate of drug-likeness (QED) is 0.512. The Bertz CT molecular complexity index is 758. The number of allylic oxidation sites excluding steroid dienone is 1. The van der Waals surface area contributed by atoms with Crippen LogP contribution in [-0.4, -0.2) is 12.8 Å². The number of hydrogen-bond donors (Lipinski definition) is 0. The molecule has 1 aromatic rings. The molecule has 2 bridgehead atoms. The van der Waals surface area contributed by atoms with Crippen LogP contribution < -0.4 is 4.74 Å². The lowest BCUT2D eigenvalue weighted by atomic mass is 9.58. The number of alkyl halides is 3. The molecule has 0 aliphatic heterocycles. The molecular weight excluding hydrogens is 377 g/mol. The van der Waals surface area contributed by atoms with Crippen LogP contribution in [0.1, 0.15) is 44.6 Å². The van der Waals surface area contributed by atoms with Crippen LogP contribution in [0.3, 0.4) is 0 Å². The Kier molecular flexibility index (Phi) is 4.97. The third-order valence-corrected chi connectivity index (χ3v) is 5.81. The smallest absolute Gasteiger partial charge is 0.389 e. The highest BCUT2D eigenvalue weighted by Gasteiger charge is 2.54. The Morgan fingerprint density at radius 2 is 1.56 bits per heavy atom. The molecule has 3 aliphatic carbocycles. The second kappa shape index (κ2) is 6.71. The molecule has 8 heteroatoms. The van der Waals surface area contributed by atoms with E-state index in [4.69, 9.17) is 4.74 Å². The van der Waals surface area contributed by atoms with Crippen LogP contribution in [0.4, 0.5) is 30.7 Å². The molecule has 1 saturated carbocycles. The predicted octanol–water partition coefficient (Wildman–Crippen LogP) is 6.57. The lowest BCUT2D eigenvalue weighted by Crippen LogP contribution is -2.44. The molecule has 0 saturated heterocycles. The Morgan fingerprint density at radius 1 is 0.926 bits per heavy atom. The summed E-state index contributed by atoms with van der Waals surface area (Å²) in [5.74, 6) is -5.07. The average Bonchev–Trinajstić information content (AvgIpc) is 2.60. The minimum absolute atomic E-state index is 0.330. The highest BCUT2D eigenvalue weighted by atomic mass is 19.4. The SMILES string of the molecule is CC12CCC(COc3ccc(CCC(F)(F)F)c(F)c3F)(CC1)C(F)=C2F. The summed E-state index contributed by atoms with van der Waals surface area (Å²) in [6, 6.07) is 2.04. The average molecular weight is 396 g/mol. The van der Waals surface area contributed by atoms with Crippen molar-refractivity contribution in [2.45, 2.75) is 51.6 Å². The summed E-state index contributed by atoms with van der Waals surface area (Å²) in [6.45, 7) is 1.29. The molecule has 0 unspecified atom stereocenters. The maximum atomic E-state index is 14.5. The molecule has 150 valence electrons. The maximum absolute atomic E-state index is 14.5. The lowest BCUT2D eigenvalue weighted by Gasteiger charge is -2.48. The van der Waals surface area contributed by atoms with E-state index < -0.39 is 64.4 Å². The van der Waals surface area contributed by atoms with Crippen LogP contribution in [0.25, 0.3) is 0 Å². The standard InChI is InChI=1S/C19H19F7O/c1-17-6-8-18(9-7-17,16(23)15(17)22)10-27-12-3-2-11(13(20)14(12)21)4-5-19(24,25)26/h2-3H,4-10H2,1H3. The summed E-state index contributed by atoms with van der Waals surface area (Å²) in [4.78, 5) is 0. The first kappa shape index (κ1) is 20.0. The van der Waals surface area contributed by atoms with Crippen molar-refractivity contribution in [2.24, 2.45) is 10.8 Å². The predicted molar refractivity (Wildman–Crippen MR) is 84.5 cm³/mol. The second-order valence-electron chi connectivity index (χ2n) is 7.72. The molecule has 0 spiro atoms. The minimum atomic E-state index is -4.48. The number of aryl methyl sites for hydroxylation is 1. The summed E-state index contributed by atoms with van der Waals surface area (Å²) in [6.07, 6.45) is -4.93. The van der Waals surface area contributed by atoms with Crippen LogP contribution in [0.5, 0.6) is 5.75 Å². The highest BCUT2D eigenvalue weighted by molar-refractivity contribution is 5.32. The number of halogens is 7. The zero-order valence-corrected chi connectivity index (χ0v) is 14.7. The van der Waals surface area contributed by atoms with E-state index in [1.807, 2.05) is 0 Å². The highest BCUT2D eigenvalue weighted by Crippen LogP contribution is 2.60. The molecule has 3 aliphatic rings. The molecule has 0 amide bonds. The van der Waals surface area contributed by atoms with Gasteiger partial charge < -0.3 is 4.74 Å². The molecule has 0 aromatic heterocycles. The van der Waals surface area contributed by atoms with Crippen molar-refractivity contribution in [3.05, 3.63) is 41.0 Å². The third kappa shape index (κ3) is 3.67. The van der Waals surface area contributed by atoms with Gasteiger partial charge in [0.15, 0.2) is 11.6 Å². The van der Waals surface area contributed by atoms with Gasteiger partial charge in [-0.2, -0.15) is 17.6 Å². The lowest BCUT2D eigenvalue weighted by molar-refractivity contribution is -0.134. The summed E-state index contributed by atoms with van der Waals surface area (Å²) in [5.41, 5.74) is -2.44. The van der Waals surface area contributed by atoms with E-state index in [0.29, 0.717) is 25.7 Å². The topological polar surface area (TPSA) is 9.23 Å². The summed E-state index contributed by atoms with van der Waals surface area (Å²) >= 11 is 0. The fraction of sp³-hybridized carbons (Fsp3) is 0.579. The van der Waals surface area contributed by atoms with Crippen molar-refractivity contribution in [3.8, 4) is 5.75 Å². The Morgan fingerprint density at radius 3 is 2.15 bits per heavy atom. The Labute approximate surface area is 152 Å². The van der Waals surface area contributed by atoms with E-state index in [2.05, 4.69) is 0 Å². The van der Waals surface area contributed by atoms with Gasteiger partial charge in [-0.05, 0) is 43.7 Å². The monoisotopic (exact) mass is 396 g/mol. The Hall–Kier alpha value is -1.73. The third-order valence-electron chi connectivity index (χ3n) is 5.81. The first-order valence-corrected chi connectivity index (χ1v) is 8.70. The first-order valence-electron chi connectivity index (χ1n) is 8.70. The van der Waals surface area contributed by atoms with Gasteiger partial charge in [-0.3, -0.25) is 0 Å². The van der Waals surface area contributed by atoms with Gasteiger partial charge in [0.05, 0.1) is 5.41 Å². The van der Waals surface area contributed by atoms with Crippen molar-refractivity contribution in [1.82, 2.24) is 0 Å². The van der Waals surface area contributed by atoms with Gasteiger partial charge in [0, 0.05) is 11.8 Å². The van der Waals surface area contributed by atoms with Crippen LogP contribution in [0.15, 0.2) is 23.8 Å². The molecule has 1 fully saturated rings. The van der Waals surface area contributed by atoms with E-state index in [9.17, 15) is 30.7 Å². The van der Waals surface area contributed by atoms with Gasteiger partial charge in [-0.1, -0.05) is 13.0 Å². The number of hydrogen-bond acceptors (Lipinski definition) is 1. The zero-order chi connectivity index (χ0) is 20.0. The van der Waals surface area contributed by atoms with Crippen molar-refractivity contribution in [3.63, 3.8) is 0 Å². The van der Waals surface area contributed by atoms with Gasteiger partial charge in [0.2, 0.25) is 5.82 Å². The van der Waals surface area contributed by atoms with E-state index in [1.54, 1.807) is 6.92 Å². The molecular formula is C19H19F7O. The van der Waals surface area contributed by atoms with E-state index in [-0.39, 0.29) is 6.61 Å². The van der Waals surface area contributed by atoms with E-state index in [1.165, 1.54) is 0 Å². The number of fused-ring (bicyclic) bond motifs is 2. The number of ether oxygens (including phenoxy) is 1. The van der Waals surface area contributed by atoms with Crippen LogP contribution >= 0.6 is 0 Å². The van der Waals surface area contributed by atoms with Gasteiger partial charge in [-0.25, -0.2) is 13.2 Å². The van der Waals surface area contributed by atoms with Crippen LogP contribution in [0, 0.1) is 22.5 Å². The number of rotatable bonds is 5. The van der Waals surface area contributed by atoms with Crippen molar-refractivity contribution < 1.29 is 35.5 Å². The Balaban J connectivity index is 1.75. The first-order chi connectivity index (χ1) is 12.5. The molecule has 27 heavy (non-hydrogen) atoms. The molecule has 0 atom stereocenters. The van der Waals surface area contributed by atoms with Gasteiger partial charge in [0.25, 0.3) is 0 Å². The van der Waals surface area contributed by atoms with Gasteiger partial charge >= 0.3 is 6.18 Å². The molecule has 1 aromatic carbocycles. The van der Waals surface area contributed by atoms with Gasteiger partial charge in [0.1, 0.15) is 18.3 Å². The number of benzene rings is 1. The molecule has 0 N–H and O–H groups in total. The van der Waals surface area contributed by atoms with E-state index in [0.717, 1.165) is 12.1 Å². The maximum Gasteiger partial charge on any atom is 0.389 e. The summed E-state index contributed by atoms with van der Waals surface area (Å²) in [5, 5.41) is 0. The zero-order valence-electron chi connectivity index (χ0n) is 14.7. The normalized spacial score (nSPS) is 28.0. The largest absolute Gasteiger partial charge is 0.489 e. The van der Waals surface area contributed by atoms with Crippen molar-refractivity contribution in [1.29, 1.82) is 0 Å². The summed E-state index contributed by atoms with van der Waals surface area (Å²) < 4.78 is 98.9.